The van der Waals surface area contributed by atoms with Crippen LogP contribution in [0.25, 0.3) is 0 Å². The second-order valence-electron chi connectivity index (χ2n) is 5.33. The number of nitrogens with zero attached hydrogens (tertiary/aromatic N) is 3. The van der Waals surface area contributed by atoms with Gasteiger partial charge in [0.05, 0.1) is 4.90 Å². The molecule has 122 valence electrons. The maximum atomic E-state index is 13.2. The monoisotopic (exact) mass is 336 g/mol. The van der Waals surface area contributed by atoms with E-state index in [0.717, 1.165) is 18.8 Å². The van der Waals surface area contributed by atoms with E-state index >= 15 is 0 Å². The van der Waals surface area contributed by atoms with E-state index in [1.165, 1.54) is 18.2 Å². The number of aromatic nitrogens is 1. The summed E-state index contributed by atoms with van der Waals surface area (Å²) in [7, 11) is -3.67. The summed E-state index contributed by atoms with van der Waals surface area (Å²) in [4.78, 5) is 8.16. The van der Waals surface area contributed by atoms with Gasteiger partial charge in [0.2, 0.25) is 16.0 Å². The predicted molar refractivity (Wildman–Crippen MR) is 86.4 cm³/mol. The van der Waals surface area contributed by atoms with E-state index in [4.69, 9.17) is 5.14 Å². The summed E-state index contributed by atoms with van der Waals surface area (Å²) >= 11 is 0. The molecule has 8 heteroatoms. The van der Waals surface area contributed by atoms with Crippen molar-refractivity contribution in [2.24, 2.45) is 5.14 Å². The van der Waals surface area contributed by atoms with Crippen molar-refractivity contribution in [3.63, 3.8) is 0 Å². The molecular formula is C15H17FN4O2S. The number of benzene rings is 1. The number of hydrogen-bond acceptors (Lipinski definition) is 5. The van der Waals surface area contributed by atoms with Crippen LogP contribution in [0.2, 0.25) is 0 Å². The lowest BCUT2D eigenvalue weighted by molar-refractivity contribution is 0.575. The fourth-order valence-corrected chi connectivity index (χ4v) is 3.13. The van der Waals surface area contributed by atoms with Crippen LogP contribution in [0.5, 0.6) is 0 Å². The van der Waals surface area contributed by atoms with Crippen LogP contribution in [0.15, 0.2) is 47.4 Å². The minimum absolute atomic E-state index is 0.101. The van der Waals surface area contributed by atoms with Crippen molar-refractivity contribution in [1.82, 2.24) is 4.98 Å². The largest absolute Gasteiger partial charge is 0.368 e. The van der Waals surface area contributed by atoms with Crippen molar-refractivity contribution in [1.29, 1.82) is 0 Å². The average molecular weight is 336 g/mol. The van der Waals surface area contributed by atoms with Crippen LogP contribution in [0.3, 0.4) is 0 Å². The molecule has 0 amide bonds. The van der Waals surface area contributed by atoms with E-state index in [9.17, 15) is 12.8 Å². The summed E-state index contributed by atoms with van der Waals surface area (Å²) in [5.74, 6) is 0.151. The first-order chi connectivity index (χ1) is 10.9. The number of piperazine rings is 1. The highest BCUT2D eigenvalue weighted by atomic mass is 32.2. The molecule has 2 heterocycles. The van der Waals surface area contributed by atoms with Crippen molar-refractivity contribution in [2.45, 2.75) is 4.90 Å². The average Bonchev–Trinajstić information content (AvgIpc) is 2.54. The zero-order valence-electron chi connectivity index (χ0n) is 12.4. The molecule has 1 aliphatic heterocycles. The van der Waals surface area contributed by atoms with Crippen LogP contribution in [0, 0.1) is 5.95 Å². The van der Waals surface area contributed by atoms with Gasteiger partial charge in [-0.15, -0.1) is 0 Å². The van der Waals surface area contributed by atoms with Crippen molar-refractivity contribution < 1.29 is 12.8 Å². The van der Waals surface area contributed by atoms with Gasteiger partial charge in [0.1, 0.15) is 5.82 Å². The predicted octanol–water partition coefficient (Wildman–Crippen LogP) is 1.19. The Kier molecular flexibility index (Phi) is 4.18. The smallest absolute Gasteiger partial charge is 0.238 e. The van der Waals surface area contributed by atoms with Gasteiger partial charge in [-0.25, -0.2) is 18.5 Å². The quantitative estimate of drug-likeness (QED) is 0.852. The SMILES string of the molecule is NS(=O)(=O)c1ccc(N2CCN(c3cccc(F)n3)CC2)cc1. The van der Waals surface area contributed by atoms with E-state index in [-0.39, 0.29) is 4.90 Å². The molecule has 1 fully saturated rings. The van der Waals surface area contributed by atoms with Crippen molar-refractivity contribution in [2.75, 3.05) is 36.0 Å². The first-order valence-corrected chi connectivity index (χ1v) is 8.73. The van der Waals surface area contributed by atoms with E-state index in [1.54, 1.807) is 24.3 Å². The molecule has 0 unspecified atom stereocenters. The lowest BCUT2D eigenvalue weighted by Crippen LogP contribution is -2.46. The molecule has 2 N–H and O–H groups in total. The molecule has 0 atom stereocenters. The Balaban J connectivity index is 1.67. The molecule has 1 saturated heterocycles. The number of halogens is 1. The Morgan fingerprint density at radius 2 is 1.57 bits per heavy atom. The van der Waals surface area contributed by atoms with E-state index in [1.807, 2.05) is 4.90 Å². The van der Waals surface area contributed by atoms with Crippen LogP contribution < -0.4 is 14.9 Å². The lowest BCUT2D eigenvalue weighted by atomic mass is 10.2. The number of nitrogens with two attached hydrogens (primary N) is 1. The molecule has 0 radical (unpaired) electrons. The molecule has 2 aromatic rings. The second-order valence-corrected chi connectivity index (χ2v) is 6.89. The molecule has 0 aliphatic carbocycles. The maximum absolute atomic E-state index is 13.2. The van der Waals surface area contributed by atoms with E-state index < -0.39 is 16.0 Å². The summed E-state index contributed by atoms with van der Waals surface area (Å²) in [5, 5.41) is 5.09. The summed E-state index contributed by atoms with van der Waals surface area (Å²) in [6.07, 6.45) is 0. The summed E-state index contributed by atoms with van der Waals surface area (Å²) in [6, 6.07) is 11.3. The third-order valence-electron chi connectivity index (χ3n) is 3.83. The third kappa shape index (κ3) is 3.59. The Hall–Kier alpha value is -2.19. The normalized spacial score (nSPS) is 15.7. The Bertz CT molecular complexity index is 787. The minimum Gasteiger partial charge on any atom is -0.368 e. The molecular weight excluding hydrogens is 319 g/mol. The first-order valence-electron chi connectivity index (χ1n) is 7.19. The zero-order valence-corrected chi connectivity index (χ0v) is 13.2. The van der Waals surface area contributed by atoms with Gasteiger partial charge in [-0.2, -0.15) is 4.39 Å². The highest BCUT2D eigenvalue weighted by Crippen LogP contribution is 2.21. The Labute approximate surface area is 134 Å². The van der Waals surface area contributed by atoms with Gasteiger partial charge in [0.25, 0.3) is 0 Å². The lowest BCUT2D eigenvalue weighted by Gasteiger charge is -2.36. The Morgan fingerprint density at radius 3 is 2.13 bits per heavy atom. The summed E-state index contributed by atoms with van der Waals surface area (Å²) in [6.45, 7) is 2.92. The Morgan fingerprint density at radius 1 is 0.957 bits per heavy atom. The van der Waals surface area contributed by atoms with E-state index in [2.05, 4.69) is 9.88 Å². The van der Waals surface area contributed by atoms with Gasteiger partial charge in [0.15, 0.2) is 0 Å². The summed E-state index contributed by atoms with van der Waals surface area (Å²) in [5.41, 5.74) is 0.934. The van der Waals surface area contributed by atoms with Gasteiger partial charge in [-0.1, -0.05) is 6.07 Å². The van der Waals surface area contributed by atoms with Gasteiger partial charge in [0, 0.05) is 31.9 Å². The first kappa shape index (κ1) is 15.7. The molecule has 0 bridgehead atoms. The van der Waals surface area contributed by atoms with Crippen LogP contribution in [-0.4, -0.2) is 39.6 Å². The topological polar surface area (TPSA) is 79.5 Å². The summed E-state index contributed by atoms with van der Waals surface area (Å²) < 4.78 is 35.7. The number of rotatable bonds is 3. The second kappa shape index (κ2) is 6.13. The van der Waals surface area contributed by atoms with Crippen molar-refractivity contribution in [3.8, 4) is 0 Å². The number of sulfonamides is 1. The van der Waals surface area contributed by atoms with E-state index in [0.29, 0.717) is 18.9 Å². The van der Waals surface area contributed by atoms with Crippen molar-refractivity contribution in [3.05, 3.63) is 48.4 Å². The fraction of sp³-hybridized carbons (Fsp3) is 0.267. The van der Waals surface area contributed by atoms with Crippen molar-refractivity contribution >= 4 is 21.5 Å². The van der Waals surface area contributed by atoms with Gasteiger partial charge < -0.3 is 9.80 Å². The third-order valence-corrected chi connectivity index (χ3v) is 4.76. The molecule has 0 saturated carbocycles. The fourth-order valence-electron chi connectivity index (χ4n) is 2.61. The number of primary sulfonamides is 1. The van der Waals surface area contributed by atoms with Gasteiger partial charge >= 0.3 is 0 Å². The molecule has 1 aliphatic rings. The maximum Gasteiger partial charge on any atom is 0.238 e. The molecule has 1 aromatic heterocycles. The molecule has 0 spiro atoms. The van der Waals surface area contributed by atoms with Crippen LogP contribution >= 0.6 is 0 Å². The number of hydrogen-bond donors (Lipinski definition) is 1. The van der Waals surface area contributed by atoms with Gasteiger partial charge in [-0.3, -0.25) is 0 Å². The number of anilines is 2. The highest BCUT2D eigenvalue weighted by Gasteiger charge is 2.19. The molecule has 1 aromatic carbocycles. The molecule has 23 heavy (non-hydrogen) atoms. The van der Waals surface area contributed by atoms with Crippen LogP contribution in [-0.2, 0) is 10.0 Å². The highest BCUT2D eigenvalue weighted by molar-refractivity contribution is 7.89. The number of pyridine rings is 1. The van der Waals surface area contributed by atoms with Gasteiger partial charge in [-0.05, 0) is 36.4 Å². The molecule has 3 rings (SSSR count). The standard InChI is InChI=1S/C15H17FN4O2S/c16-14-2-1-3-15(18-14)20-10-8-19(9-11-20)12-4-6-13(7-5-12)23(17,21)22/h1-7H,8-11H2,(H2,17,21,22). The minimum atomic E-state index is -3.67. The zero-order chi connectivity index (χ0) is 16.4. The van der Waals surface area contributed by atoms with Crippen LogP contribution in [0.4, 0.5) is 15.9 Å². The van der Waals surface area contributed by atoms with Crippen LogP contribution in [0.1, 0.15) is 0 Å². The molecule has 6 nitrogen and oxygen atoms in total.